The van der Waals surface area contributed by atoms with Gasteiger partial charge in [-0.25, -0.2) is 4.98 Å². The molecule has 0 spiro atoms. The third kappa shape index (κ3) is 5.65. The van der Waals surface area contributed by atoms with Crippen molar-refractivity contribution in [1.82, 2.24) is 19.8 Å². The Morgan fingerprint density at radius 2 is 1.77 bits per heavy atom. The van der Waals surface area contributed by atoms with Crippen LogP contribution in [0.5, 0.6) is 6.01 Å². The topological polar surface area (TPSA) is 77.3 Å². The monoisotopic (exact) mass is 484 g/mol. The number of likely N-dealkylation sites (N-methyl/N-ethyl adjacent to an activating group) is 1. The molecule has 1 fully saturated rings. The first-order valence-corrected chi connectivity index (χ1v) is 12.7. The molecule has 2 aromatic carbocycles. The van der Waals surface area contributed by atoms with Gasteiger partial charge in [-0.3, -0.25) is 4.90 Å². The number of nitriles is 1. The van der Waals surface area contributed by atoms with E-state index in [4.69, 9.17) is 4.74 Å². The summed E-state index contributed by atoms with van der Waals surface area (Å²) in [4.78, 5) is 14.8. The molecule has 0 saturated carbocycles. The summed E-state index contributed by atoms with van der Waals surface area (Å²) in [5.74, 6) is 0. The van der Waals surface area contributed by atoms with Crippen LogP contribution in [0, 0.1) is 11.3 Å². The number of para-hydroxylation sites is 1. The van der Waals surface area contributed by atoms with E-state index in [1.165, 1.54) is 17.3 Å². The zero-order chi connectivity index (χ0) is 24.0. The minimum absolute atomic E-state index is 0.259. The maximum atomic E-state index is 9.82. The highest BCUT2D eigenvalue weighted by Crippen LogP contribution is 2.43. The molecule has 35 heavy (non-hydrogen) atoms. The Balaban J connectivity index is 1.20. The molecule has 3 heterocycles. The summed E-state index contributed by atoms with van der Waals surface area (Å²) in [6, 6.07) is 20.8. The average molecular weight is 485 g/mol. The molecule has 7 nitrogen and oxygen atoms in total. The molecule has 178 valence electrons. The SMILES string of the molecule is CCN1CCN(Cc2ccc(COc3nccc(/C(C#N)=C4/Nc5ccccc5S4)n3)cc2)CC1. The predicted octanol–water partition coefficient (Wildman–Crippen LogP) is 4.60. The predicted molar refractivity (Wildman–Crippen MR) is 139 cm³/mol. The first kappa shape index (κ1) is 23.4. The van der Waals surface area contributed by atoms with Gasteiger partial charge in [0.25, 0.3) is 0 Å². The number of aromatic nitrogens is 2. The summed E-state index contributed by atoms with van der Waals surface area (Å²) < 4.78 is 5.87. The number of anilines is 1. The molecule has 0 aliphatic carbocycles. The Hall–Kier alpha value is -3.38. The quantitative estimate of drug-likeness (QED) is 0.488. The van der Waals surface area contributed by atoms with Crippen molar-refractivity contribution in [2.45, 2.75) is 25.0 Å². The second-order valence-electron chi connectivity index (χ2n) is 8.58. The minimum Gasteiger partial charge on any atom is -0.459 e. The second kappa shape index (κ2) is 10.9. The lowest BCUT2D eigenvalue weighted by Crippen LogP contribution is -2.45. The number of nitrogens with one attached hydrogen (secondary N) is 1. The summed E-state index contributed by atoms with van der Waals surface area (Å²) in [5, 5.41) is 13.9. The first-order valence-electron chi connectivity index (χ1n) is 11.9. The highest BCUT2D eigenvalue weighted by Gasteiger charge is 2.21. The molecule has 3 aromatic rings. The van der Waals surface area contributed by atoms with Gasteiger partial charge in [0.05, 0.1) is 16.4 Å². The summed E-state index contributed by atoms with van der Waals surface area (Å²) in [5.41, 5.74) is 4.38. The van der Waals surface area contributed by atoms with E-state index in [1.54, 1.807) is 12.3 Å². The Kier molecular flexibility index (Phi) is 7.28. The lowest BCUT2D eigenvalue weighted by molar-refractivity contribution is 0.132. The fourth-order valence-electron chi connectivity index (χ4n) is 4.21. The highest BCUT2D eigenvalue weighted by molar-refractivity contribution is 8.04. The van der Waals surface area contributed by atoms with E-state index in [0.29, 0.717) is 17.9 Å². The summed E-state index contributed by atoms with van der Waals surface area (Å²) in [6.07, 6.45) is 1.63. The van der Waals surface area contributed by atoms with Gasteiger partial charge < -0.3 is 15.0 Å². The van der Waals surface area contributed by atoms with E-state index in [1.807, 2.05) is 24.3 Å². The number of hydrogen-bond donors (Lipinski definition) is 1. The molecule has 8 heteroatoms. The lowest BCUT2D eigenvalue weighted by atomic mass is 10.1. The van der Waals surface area contributed by atoms with Gasteiger partial charge in [0.1, 0.15) is 18.2 Å². The fraction of sp³-hybridized carbons (Fsp3) is 0.296. The molecule has 0 unspecified atom stereocenters. The highest BCUT2D eigenvalue weighted by atomic mass is 32.2. The van der Waals surface area contributed by atoms with Crippen molar-refractivity contribution < 1.29 is 4.74 Å². The van der Waals surface area contributed by atoms with Crippen LogP contribution in [0.2, 0.25) is 0 Å². The molecule has 0 bridgehead atoms. The van der Waals surface area contributed by atoms with Gasteiger partial charge in [0, 0.05) is 43.8 Å². The van der Waals surface area contributed by atoms with Crippen molar-refractivity contribution in [3.63, 3.8) is 0 Å². The van der Waals surface area contributed by atoms with Crippen LogP contribution in [0.4, 0.5) is 5.69 Å². The third-order valence-corrected chi connectivity index (χ3v) is 7.37. The van der Waals surface area contributed by atoms with Gasteiger partial charge >= 0.3 is 6.01 Å². The minimum atomic E-state index is 0.259. The number of ether oxygens (including phenoxy) is 1. The normalized spacial score (nSPS) is 17.4. The molecular formula is C27H28N6OS. The standard InChI is InChI=1S/C27H28N6OS/c1-2-32-13-15-33(16-14-32)18-20-7-9-21(10-8-20)19-34-27-29-12-11-23(31-27)22(17-28)26-30-24-5-3-4-6-25(24)35-26/h3-12,30H,2,13-16,18-19H2,1H3/b26-22-. The Morgan fingerprint density at radius 1 is 1.03 bits per heavy atom. The van der Waals surface area contributed by atoms with Gasteiger partial charge in [0.2, 0.25) is 0 Å². The van der Waals surface area contributed by atoms with Crippen molar-refractivity contribution in [2.75, 3.05) is 38.0 Å². The number of allylic oxidation sites excluding steroid dienone is 1. The number of benzene rings is 2. The number of rotatable bonds is 7. The van der Waals surface area contributed by atoms with E-state index in [0.717, 1.165) is 60.4 Å². The van der Waals surface area contributed by atoms with E-state index >= 15 is 0 Å². The lowest BCUT2D eigenvalue weighted by Gasteiger charge is -2.34. The van der Waals surface area contributed by atoms with Crippen molar-refractivity contribution in [2.24, 2.45) is 0 Å². The van der Waals surface area contributed by atoms with Crippen molar-refractivity contribution in [1.29, 1.82) is 5.26 Å². The Morgan fingerprint density at radius 3 is 2.51 bits per heavy atom. The van der Waals surface area contributed by atoms with E-state index in [2.05, 4.69) is 62.3 Å². The summed E-state index contributed by atoms with van der Waals surface area (Å²) in [7, 11) is 0. The molecule has 2 aliphatic rings. The maximum absolute atomic E-state index is 9.82. The Labute approximate surface area is 210 Å². The first-order chi connectivity index (χ1) is 17.2. The third-order valence-electron chi connectivity index (χ3n) is 6.28. The molecule has 0 amide bonds. The molecule has 1 aromatic heterocycles. The van der Waals surface area contributed by atoms with E-state index in [9.17, 15) is 5.26 Å². The molecule has 1 saturated heterocycles. The van der Waals surface area contributed by atoms with Crippen LogP contribution in [0.25, 0.3) is 5.57 Å². The van der Waals surface area contributed by atoms with E-state index < -0.39 is 0 Å². The van der Waals surface area contributed by atoms with Crippen LogP contribution in [-0.2, 0) is 13.2 Å². The van der Waals surface area contributed by atoms with Gasteiger partial charge in [-0.05, 0) is 35.9 Å². The zero-order valence-electron chi connectivity index (χ0n) is 19.8. The van der Waals surface area contributed by atoms with Gasteiger partial charge in [-0.2, -0.15) is 10.2 Å². The number of piperazine rings is 1. The van der Waals surface area contributed by atoms with Crippen molar-refractivity contribution in [3.05, 3.63) is 82.6 Å². The molecule has 0 atom stereocenters. The van der Waals surface area contributed by atoms with Gasteiger partial charge in [-0.15, -0.1) is 0 Å². The Bertz CT molecular complexity index is 1220. The van der Waals surface area contributed by atoms with Crippen LogP contribution in [0.1, 0.15) is 23.7 Å². The van der Waals surface area contributed by atoms with Crippen LogP contribution in [0.15, 0.2) is 70.7 Å². The average Bonchev–Trinajstić information content (AvgIpc) is 3.33. The molecule has 0 radical (unpaired) electrons. The molecular weight excluding hydrogens is 456 g/mol. The fourth-order valence-corrected chi connectivity index (χ4v) is 5.22. The number of thioether (sulfide) groups is 1. The van der Waals surface area contributed by atoms with Gasteiger partial charge in [0.15, 0.2) is 0 Å². The van der Waals surface area contributed by atoms with Gasteiger partial charge in [-0.1, -0.05) is 55.1 Å². The summed E-state index contributed by atoms with van der Waals surface area (Å²) >= 11 is 1.53. The molecule has 5 rings (SSSR count). The van der Waals surface area contributed by atoms with Crippen LogP contribution >= 0.6 is 11.8 Å². The van der Waals surface area contributed by atoms with Crippen LogP contribution in [0.3, 0.4) is 0 Å². The summed E-state index contributed by atoms with van der Waals surface area (Å²) in [6.45, 7) is 9.24. The van der Waals surface area contributed by atoms with Crippen molar-refractivity contribution >= 4 is 23.0 Å². The second-order valence-corrected chi connectivity index (χ2v) is 9.63. The largest absolute Gasteiger partial charge is 0.459 e. The zero-order valence-corrected chi connectivity index (χ0v) is 20.6. The number of nitrogens with zero attached hydrogens (tertiary/aromatic N) is 5. The van der Waals surface area contributed by atoms with E-state index in [-0.39, 0.29) is 6.01 Å². The maximum Gasteiger partial charge on any atom is 0.317 e. The number of hydrogen-bond acceptors (Lipinski definition) is 8. The molecule has 1 N–H and O–H groups in total. The number of fused-ring (bicyclic) bond motifs is 1. The molecule has 2 aliphatic heterocycles. The van der Waals surface area contributed by atoms with Crippen LogP contribution < -0.4 is 10.1 Å². The van der Waals surface area contributed by atoms with Crippen LogP contribution in [-0.4, -0.2) is 52.5 Å². The van der Waals surface area contributed by atoms with Crippen molar-refractivity contribution in [3.8, 4) is 12.1 Å². The smallest absolute Gasteiger partial charge is 0.317 e.